The normalized spacial score (nSPS) is 16.1. The molecule has 1 aliphatic rings. The van der Waals surface area contributed by atoms with E-state index < -0.39 is 0 Å². The fourth-order valence-electron chi connectivity index (χ4n) is 2.06. The third-order valence-corrected chi connectivity index (χ3v) is 3.15. The summed E-state index contributed by atoms with van der Waals surface area (Å²) in [6, 6.07) is 5.72. The minimum absolute atomic E-state index is 0. The molecule has 0 aromatic carbocycles. The molecule has 4 nitrogen and oxygen atoms in total. The molecule has 1 aromatic rings. The Morgan fingerprint density at radius 2 is 2.18 bits per heavy atom. The van der Waals surface area contributed by atoms with E-state index in [1.54, 1.807) is 12.3 Å². The van der Waals surface area contributed by atoms with Crippen LogP contribution >= 0.6 is 12.4 Å². The quantitative estimate of drug-likeness (QED) is 0.867. The highest BCUT2D eigenvalue weighted by molar-refractivity contribution is 5.85. The van der Waals surface area contributed by atoms with Crippen LogP contribution in [0.25, 0.3) is 0 Å². The van der Waals surface area contributed by atoms with Crippen LogP contribution in [0.1, 0.15) is 18.4 Å². The highest BCUT2D eigenvalue weighted by Crippen LogP contribution is 2.21. The second-order valence-corrected chi connectivity index (χ2v) is 4.18. The van der Waals surface area contributed by atoms with Gasteiger partial charge in [-0.15, -0.1) is 12.4 Å². The average molecular weight is 253 g/mol. The van der Waals surface area contributed by atoms with Crippen molar-refractivity contribution in [2.75, 3.05) is 24.5 Å². The Morgan fingerprint density at radius 1 is 1.47 bits per heavy atom. The molecule has 1 saturated heterocycles. The first-order valence-corrected chi connectivity index (χ1v) is 5.64. The summed E-state index contributed by atoms with van der Waals surface area (Å²) in [4.78, 5) is 6.53. The number of rotatable bonds is 2. The van der Waals surface area contributed by atoms with Crippen LogP contribution in [0.15, 0.2) is 18.3 Å². The second kappa shape index (κ2) is 6.43. The molecule has 2 heterocycles. The van der Waals surface area contributed by atoms with E-state index in [-0.39, 0.29) is 12.4 Å². The largest absolute Gasteiger partial charge is 0.357 e. The molecule has 0 aliphatic carbocycles. The summed E-state index contributed by atoms with van der Waals surface area (Å²) in [5.74, 6) is 1.56. The van der Waals surface area contributed by atoms with E-state index in [4.69, 9.17) is 11.0 Å². The number of hydrogen-bond donors (Lipinski definition) is 1. The smallest absolute Gasteiger partial charge is 0.129 e. The maximum atomic E-state index is 8.83. The topological polar surface area (TPSA) is 65.9 Å². The molecule has 1 aromatic heterocycles. The summed E-state index contributed by atoms with van der Waals surface area (Å²) >= 11 is 0. The Morgan fingerprint density at radius 3 is 2.76 bits per heavy atom. The minimum Gasteiger partial charge on any atom is -0.357 e. The predicted molar refractivity (Wildman–Crippen MR) is 70.2 cm³/mol. The van der Waals surface area contributed by atoms with Crippen LogP contribution in [0.3, 0.4) is 0 Å². The summed E-state index contributed by atoms with van der Waals surface area (Å²) in [5, 5.41) is 8.83. The zero-order chi connectivity index (χ0) is 11.4. The molecule has 5 heteroatoms. The minimum atomic E-state index is 0. The first-order chi connectivity index (χ1) is 7.83. The van der Waals surface area contributed by atoms with Crippen molar-refractivity contribution < 1.29 is 0 Å². The Labute approximate surface area is 108 Å². The molecular weight excluding hydrogens is 236 g/mol. The number of nitrogens with two attached hydrogens (primary N) is 1. The molecule has 92 valence electrons. The summed E-state index contributed by atoms with van der Waals surface area (Å²) < 4.78 is 0. The maximum Gasteiger partial charge on any atom is 0.129 e. The van der Waals surface area contributed by atoms with E-state index >= 15 is 0 Å². The van der Waals surface area contributed by atoms with E-state index in [0.717, 1.165) is 38.3 Å². The van der Waals surface area contributed by atoms with Gasteiger partial charge < -0.3 is 10.6 Å². The lowest BCUT2D eigenvalue weighted by Crippen LogP contribution is -2.36. The highest BCUT2D eigenvalue weighted by atomic mass is 35.5. The summed E-state index contributed by atoms with van der Waals surface area (Å²) in [6.07, 6.45) is 3.94. The lowest BCUT2D eigenvalue weighted by Gasteiger charge is -2.32. The van der Waals surface area contributed by atoms with Crippen molar-refractivity contribution in [1.29, 1.82) is 5.26 Å². The fourth-order valence-corrected chi connectivity index (χ4v) is 2.06. The van der Waals surface area contributed by atoms with E-state index in [9.17, 15) is 0 Å². The lowest BCUT2D eigenvalue weighted by atomic mass is 9.97. The third kappa shape index (κ3) is 3.32. The van der Waals surface area contributed by atoms with Crippen molar-refractivity contribution in [3.05, 3.63) is 23.9 Å². The molecule has 2 rings (SSSR count). The Kier molecular flexibility index (Phi) is 5.20. The molecule has 0 saturated carbocycles. The van der Waals surface area contributed by atoms with Crippen LogP contribution in [0.5, 0.6) is 0 Å². The number of pyridine rings is 1. The molecule has 0 radical (unpaired) electrons. The van der Waals surface area contributed by atoms with Crippen LogP contribution in [0.4, 0.5) is 5.82 Å². The molecular formula is C12H17ClN4. The molecule has 2 N–H and O–H groups in total. The van der Waals surface area contributed by atoms with Gasteiger partial charge in [-0.2, -0.15) is 5.26 Å². The first-order valence-electron chi connectivity index (χ1n) is 5.64. The van der Waals surface area contributed by atoms with Gasteiger partial charge in [0.15, 0.2) is 0 Å². The van der Waals surface area contributed by atoms with Gasteiger partial charge in [0.1, 0.15) is 5.82 Å². The Bertz CT molecular complexity index is 394. The van der Waals surface area contributed by atoms with Gasteiger partial charge in [0.25, 0.3) is 0 Å². The van der Waals surface area contributed by atoms with Crippen molar-refractivity contribution in [1.82, 2.24) is 4.98 Å². The van der Waals surface area contributed by atoms with Gasteiger partial charge in [-0.3, -0.25) is 0 Å². The number of halogens is 1. The number of anilines is 1. The molecule has 0 atom stereocenters. The summed E-state index contributed by atoms with van der Waals surface area (Å²) in [7, 11) is 0. The number of piperidine rings is 1. The van der Waals surface area contributed by atoms with Crippen molar-refractivity contribution in [3.63, 3.8) is 0 Å². The van der Waals surface area contributed by atoms with Crippen molar-refractivity contribution in [3.8, 4) is 6.07 Å². The molecule has 1 aliphatic heterocycles. The molecule has 17 heavy (non-hydrogen) atoms. The van der Waals surface area contributed by atoms with Crippen LogP contribution in [0, 0.1) is 17.2 Å². The Balaban J connectivity index is 0.00000144. The van der Waals surface area contributed by atoms with Crippen LogP contribution in [0.2, 0.25) is 0 Å². The highest BCUT2D eigenvalue weighted by Gasteiger charge is 2.18. The van der Waals surface area contributed by atoms with Crippen molar-refractivity contribution in [2.45, 2.75) is 12.8 Å². The predicted octanol–water partition coefficient (Wildman–Crippen LogP) is 1.55. The number of aromatic nitrogens is 1. The van der Waals surface area contributed by atoms with Gasteiger partial charge in [0, 0.05) is 19.3 Å². The van der Waals surface area contributed by atoms with E-state index in [1.807, 2.05) is 6.07 Å². The average Bonchev–Trinajstić information content (AvgIpc) is 2.39. The number of hydrogen-bond acceptors (Lipinski definition) is 4. The van der Waals surface area contributed by atoms with E-state index in [0.29, 0.717) is 11.5 Å². The molecule has 0 bridgehead atoms. The first kappa shape index (κ1) is 13.8. The monoisotopic (exact) mass is 252 g/mol. The molecule has 0 amide bonds. The standard InChI is InChI=1S/C12H16N4.ClH/c13-8-10-2-5-16(6-3-10)12-7-11(9-14)1-4-15-12;/h1,4,7,10H,2-3,5-6,8,13H2;1H. The molecule has 0 unspecified atom stereocenters. The summed E-state index contributed by atoms with van der Waals surface area (Å²) in [5.41, 5.74) is 6.33. The van der Waals surface area contributed by atoms with Crippen LogP contribution in [-0.4, -0.2) is 24.6 Å². The molecule has 0 spiro atoms. The van der Waals surface area contributed by atoms with Gasteiger partial charge in [0.2, 0.25) is 0 Å². The summed E-state index contributed by atoms with van der Waals surface area (Å²) in [6.45, 7) is 2.76. The SMILES string of the molecule is Cl.N#Cc1ccnc(N2CCC(CN)CC2)c1. The van der Waals surface area contributed by atoms with Crippen molar-refractivity contribution >= 4 is 18.2 Å². The zero-order valence-electron chi connectivity index (χ0n) is 9.67. The molecule has 1 fully saturated rings. The lowest BCUT2D eigenvalue weighted by molar-refractivity contribution is 0.413. The van der Waals surface area contributed by atoms with E-state index in [1.165, 1.54) is 0 Å². The zero-order valence-corrected chi connectivity index (χ0v) is 10.5. The van der Waals surface area contributed by atoms with Crippen LogP contribution in [-0.2, 0) is 0 Å². The van der Waals surface area contributed by atoms with Gasteiger partial charge >= 0.3 is 0 Å². The fraction of sp³-hybridized carbons (Fsp3) is 0.500. The van der Waals surface area contributed by atoms with E-state index in [2.05, 4.69) is 16.0 Å². The van der Waals surface area contributed by atoms with Gasteiger partial charge in [0.05, 0.1) is 11.6 Å². The maximum absolute atomic E-state index is 8.83. The third-order valence-electron chi connectivity index (χ3n) is 3.15. The van der Waals surface area contributed by atoms with Gasteiger partial charge in [-0.25, -0.2) is 4.98 Å². The van der Waals surface area contributed by atoms with Crippen LogP contribution < -0.4 is 10.6 Å². The van der Waals surface area contributed by atoms with Crippen molar-refractivity contribution in [2.24, 2.45) is 11.7 Å². The number of nitrogens with zero attached hydrogens (tertiary/aromatic N) is 3. The van der Waals surface area contributed by atoms with Gasteiger partial charge in [-0.1, -0.05) is 0 Å². The number of nitriles is 1. The Hall–Kier alpha value is -1.31. The second-order valence-electron chi connectivity index (χ2n) is 4.18. The van der Waals surface area contributed by atoms with Gasteiger partial charge in [-0.05, 0) is 37.4 Å².